The minimum Gasteiger partial charge on any atom is -0.497 e. The van der Waals surface area contributed by atoms with Crippen molar-refractivity contribution in [2.75, 3.05) is 19.1 Å². The minimum atomic E-state index is -0.394. The number of carbonyl (C=O) groups excluding carboxylic acids is 2. The number of rotatable bonds is 4. The third kappa shape index (κ3) is 3.83. The maximum Gasteiger partial charge on any atom is 0.232 e. The summed E-state index contributed by atoms with van der Waals surface area (Å²) in [6.45, 7) is 4.11. The average molecular weight is 440 g/mol. The van der Waals surface area contributed by atoms with E-state index in [0.717, 1.165) is 11.3 Å². The van der Waals surface area contributed by atoms with E-state index in [0.29, 0.717) is 40.6 Å². The van der Waals surface area contributed by atoms with E-state index in [1.165, 1.54) is 0 Å². The molecule has 1 aliphatic carbocycles. The molecular weight excluding hydrogens is 414 g/mol. The molecule has 0 spiro atoms. The van der Waals surface area contributed by atoms with Gasteiger partial charge in [-0.05, 0) is 42.2 Å². The van der Waals surface area contributed by atoms with E-state index in [4.69, 9.17) is 21.1 Å². The zero-order valence-corrected chi connectivity index (χ0v) is 19.0. The fraction of sp³-hybridized carbons (Fsp3) is 0.360. The topological polar surface area (TPSA) is 55.8 Å². The van der Waals surface area contributed by atoms with Crippen LogP contribution in [0.25, 0.3) is 0 Å². The molecule has 1 aliphatic heterocycles. The van der Waals surface area contributed by atoms with Crippen LogP contribution < -0.4 is 14.4 Å². The summed E-state index contributed by atoms with van der Waals surface area (Å²) in [6.07, 6.45) is 1.19. The molecule has 1 amide bonds. The van der Waals surface area contributed by atoms with Gasteiger partial charge in [-0.25, -0.2) is 0 Å². The molecule has 4 rings (SSSR count). The number of hydrogen-bond donors (Lipinski definition) is 0. The van der Waals surface area contributed by atoms with Crippen molar-refractivity contribution in [3.05, 3.63) is 64.3 Å². The molecule has 2 aromatic carbocycles. The first kappa shape index (κ1) is 21.4. The van der Waals surface area contributed by atoms with Gasteiger partial charge < -0.3 is 9.47 Å². The van der Waals surface area contributed by atoms with Crippen molar-refractivity contribution < 1.29 is 19.1 Å². The van der Waals surface area contributed by atoms with E-state index in [2.05, 4.69) is 13.8 Å². The van der Waals surface area contributed by atoms with Crippen molar-refractivity contribution in [3.8, 4) is 11.5 Å². The molecule has 6 heteroatoms. The first-order chi connectivity index (χ1) is 14.8. The number of carbonyl (C=O) groups is 2. The molecule has 0 fully saturated rings. The molecule has 0 unspecified atom stereocenters. The Balaban J connectivity index is 1.95. The smallest absolute Gasteiger partial charge is 0.232 e. The highest BCUT2D eigenvalue weighted by atomic mass is 35.5. The summed E-state index contributed by atoms with van der Waals surface area (Å²) in [5.41, 5.74) is 2.56. The van der Waals surface area contributed by atoms with Crippen LogP contribution in [0.2, 0.25) is 5.02 Å². The number of para-hydroxylation sites is 1. The van der Waals surface area contributed by atoms with E-state index in [1.807, 2.05) is 36.4 Å². The molecule has 0 saturated carbocycles. The summed E-state index contributed by atoms with van der Waals surface area (Å²) in [7, 11) is 3.18. The summed E-state index contributed by atoms with van der Waals surface area (Å²) in [6, 6.07) is 12.7. The molecule has 31 heavy (non-hydrogen) atoms. The van der Waals surface area contributed by atoms with Crippen LogP contribution in [0.1, 0.15) is 44.6 Å². The lowest BCUT2D eigenvalue weighted by Crippen LogP contribution is -2.43. The van der Waals surface area contributed by atoms with Gasteiger partial charge in [-0.3, -0.25) is 14.5 Å². The average Bonchev–Trinajstić information content (AvgIpc) is 2.72. The van der Waals surface area contributed by atoms with E-state index in [1.54, 1.807) is 25.2 Å². The van der Waals surface area contributed by atoms with Crippen LogP contribution in [0.3, 0.4) is 0 Å². The molecule has 5 nitrogen and oxygen atoms in total. The van der Waals surface area contributed by atoms with Crippen LogP contribution in [0.4, 0.5) is 5.69 Å². The predicted molar refractivity (Wildman–Crippen MR) is 121 cm³/mol. The molecule has 0 saturated heterocycles. The van der Waals surface area contributed by atoms with Gasteiger partial charge >= 0.3 is 0 Å². The number of nitrogens with zero attached hydrogens (tertiary/aromatic N) is 1. The standard InChI is InChI=1S/C25H26ClNO4/c1-25(2)13-20-24(21(28)14-25)17(16-11-15(30-3)9-10-22(16)31-4)12-23(29)27(20)19-8-6-5-7-18(19)26/h5-11,17H,12-14H2,1-4H3/t17-/m1/s1. The summed E-state index contributed by atoms with van der Waals surface area (Å²) >= 11 is 6.46. The van der Waals surface area contributed by atoms with Crippen LogP contribution in [0.5, 0.6) is 11.5 Å². The number of Topliss-reactive ketones (excluding diaryl/α,β-unsaturated/α-hetero) is 1. The Morgan fingerprint density at radius 2 is 1.77 bits per heavy atom. The molecule has 0 bridgehead atoms. The number of allylic oxidation sites excluding steroid dienone is 2. The Kier molecular flexibility index (Phi) is 5.56. The van der Waals surface area contributed by atoms with Crippen LogP contribution in [-0.4, -0.2) is 25.9 Å². The van der Waals surface area contributed by atoms with Gasteiger partial charge in [-0.15, -0.1) is 0 Å². The van der Waals surface area contributed by atoms with Gasteiger partial charge in [0.1, 0.15) is 11.5 Å². The fourth-order valence-corrected chi connectivity index (χ4v) is 4.93. The van der Waals surface area contributed by atoms with Gasteiger partial charge in [0.15, 0.2) is 5.78 Å². The highest BCUT2D eigenvalue weighted by Gasteiger charge is 2.45. The third-order valence-corrected chi connectivity index (χ3v) is 6.37. The Morgan fingerprint density at radius 3 is 2.45 bits per heavy atom. The predicted octanol–water partition coefficient (Wildman–Crippen LogP) is 5.52. The second kappa shape index (κ2) is 8.04. The maximum absolute atomic E-state index is 13.5. The molecule has 2 aromatic rings. The number of halogens is 1. The maximum atomic E-state index is 13.5. The zero-order chi connectivity index (χ0) is 22.3. The molecule has 1 heterocycles. The van der Waals surface area contributed by atoms with E-state index in [-0.39, 0.29) is 23.5 Å². The van der Waals surface area contributed by atoms with Crippen LogP contribution >= 0.6 is 11.6 Å². The Hall–Kier alpha value is -2.79. The Morgan fingerprint density at radius 1 is 1.03 bits per heavy atom. The highest BCUT2D eigenvalue weighted by molar-refractivity contribution is 6.34. The third-order valence-electron chi connectivity index (χ3n) is 6.05. The molecule has 2 aliphatic rings. The quantitative estimate of drug-likeness (QED) is 0.629. The number of benzene rings is 2. The van der Waals surface area contributed by atoms with Crippen molar-refractivity contribution in [2.45, 2.75) is 39.0 Å². The summed E-state index contributed by atoms with van der Waals surface area (Å²) in [5, 5.41) is 0.482. The normalized spacial score (nSPS) is 20.5. The number of ether oxygens (including phenoxy) is 2. The van der Waals surface area contributed by atoms with Gasteiger partial charge in [-0.1, -0.05) is 37.6 Å². The monoisotopic (exact) mass is 439 g/mol. The van der Waals surface area contributed by atoms with Gasteiger partial charge in [0, 0.05) is 35.6 Å². The molecule has 0 aromatic heterocycles. The van der Waals surface area contributed by atoms with Gasteiger partial charge in [0.05, 0.1) is 24.9 Å². The number of ketones is 1. The van der Waals surface area contributed by atoms with Gasteiger partial charge in [-0.2, -0.15) is 0 Å². The first-order valence-corrected chi connectivity index (χ1v) is 10.7. The number of hydrogen-bond acceptors (Lipinski definition) is 4. The fourth-order valence-electron chi connectivity index (χ4n) is 4.71. The lowest BCUT2D eigenvalue weighted by atomic mass is 9.69. The van der Waals surface area contributed by atoms with Crippen LogP contribution in [0.15, 0.2) is 53.7 Å². The van der Waals surface area contributed by atoms with E-state index < -0.39 is 5.92 Å². The van der Waals surface area contributed by atoms with Crippen molar-refractivity contribution in [1.82, 2.24) is 0 Å². The number of anilines is 1. The Labute approximate surface area is 187 Å². The number of methoxy groups -OCH3 is 2. The van der Waals surface area contributed by atoms with Crippen molar-refractivity contribution in [1.29, 1.82) is 0 Å². The van der Waals surface area contributed by atoms with Crippen molar-refractivity contribution in [2.24, 2.45) is 5.41 Å². The number of amides is 1. The lowest BCUT2D eigenvalue weighted by molar-refractivity contribution is -0.121. The summed E-state index contributed by atoms with van der Waals surface area (Å²) in [5.74, 6) is 0.865. The summed E-state index contributed by atoms with van der Waals surface area (Å²) in [4.78, 5) is 28.6. The second-order valence-corrected chi connectivity index (χ2v) is 9.25. The molecular formula is C25H26ClNO4. The van der Waals surface area contributed by atoms with Crippen molar-refractivity contribution in [3.63, 3.8) is 0 Å². The molecule has 1 atom stereocenters. The second-order valence-electron chi connectivity index (χ2n) is 8.85. The lowest BCUT2D eigenvalue weighted by Gasteiger charge is -2.43. The zero-order valence-electron chi connectivity index (χ0n) is 18.2. The largest absolute Gasteiger partial charge is 0.497 e. The van der Waals surface area contributed by atoms with Gasteiger partial charge in [0.25, 0.3) is 0 Å². The van der Waals surface area contributed by atoms with Crippen LogP contribution in [0, 0.1) is 5.41 Å². The van der Waals surface area contributed by atoms with E-state index in [9.17, 15) is 9.59 Å². The van der Waals surface area contributed by atoms with Crippen LogP contribution in [-0.2, 0) is 9.59 Å². The van der Waals surface area contributed by atoms with Crippen molar-refractivity contribution >= 4 is 29.0 Å². The Bertz CT molecular complexity index is 1090. The SMILES string of the molecule is COc1ccc(OC)c([C@H]2CC(=O)N(c3ccccc3Cl)C3=C2C(=O)CC(C)(C)C3)c1. The minimum absolute atomic E-state index is 0.0608. The molecule has 0 radical (unpaired) electrons. The first-order valence-electron chi connectivity index (χ1n) is 10.3. The van der Waals surface area contributed by atoms with E-state index >= 15 is 0 Å². The summed E-state index contributed by atoms with van der Waals surface area (Å²) < 4.78 is 11.0. The molecule has 0 N–H and O–H groups in total. The molecule has 162 valence electrons. The highest BCUT2D eigenvalue weighted by Crippen LogP contribution is 2.50. The van der Waals surface area contributed by atoms with Gasteiger partial charge in [0.2, 0.25) is 5.91 Å².